The number of rotatable bonds is 6. The maximum absolute atomic E-state index is 12.7. The topological polar surface area (TPSA) is 73.1 Å². The number of anilines is 3. The molecule has 172 valence electrons. The zero-order chi connectivity index (χ0) is 22.4. The Hall–Kier alpha value is -2.73. The third-order valence-electron chi connectivity index (χ3n) is 7.76. The number of nitrogens with one attached hydrogen (secondary N) is 3. The Morgan fingerprint density at radius 3 is 2.79 bits per heavy atom. The molecular formula is C26H30ClN5O. The molecular weight excluding hydrogens is 434 g/mol. The maximum atomic E-state index is 12.7. The molecule has 2 heterocycles. The number of imidazole rings is 1. The number of hydrogen-bond donors (Lipinski definition) is 3. The minimum atomic E-state index is 0.203. The van der Waals surface area contributed by atoms with E-state index in [1.165, 1.54) is 37.8 Å². The van der Waals surface area contributed by atoms with Crippen molar-refractivity contribution in [3.05, 3.63) is 47.0 Å². The Balaban J connectivity index is 1.14. The molecule has 3 aliphatic rings. The molecule has 2 bridgehead atoms. The van der Waals surface area contributed by atoms with Crippen LogP contribution in [0.1, 0.15) is 44.1 Å². The highest BCUT2D eigenvalue weighted by atomic mass is 35.5. The lowest BCUT2D eigenvalue weighted by Crippen LogP contribution is -2.33. The molecule has 33 heavy (non-hydrogen) atoms. The van der Waals surface area contributed by atoms with Crippen LogP contribution in [-0.4, -0.2) is 29.0 Å². The molecule has 2 aliphatic carbocycles. The van der Waals surface area contributed by atoms with Gasteiger partial charge in [-0.05, 0) is 79.8 Å². The van der Waals surface area contributed by atoms with Gasteiger partial charge in [-0.25, -0.2) is 4.98 Å². The summed E-state index contributed by atoms with van der Waals surface area (Å²) in [6.45, 7) is 2.75. The van der Waals surface area contributed by atoms with Crippen LogP contribution in [0.5, 0.6) is 0 Å². The van der Waals surface area contributed by atoms with Crippen LogP contribution in [0.25, 0.3) is 11.0 Å². The van der Waals surface area contributed by atoms with Crippen molar-refractivity contribution in [2.45, 2.75) is 45.1 Å². The highest BCUT2D eigenvalue weighted by Gasteiger charge is 2.42. The minimum Gasteiger partial charge on any atom is -0.371 e. The molecule has 1 aliphatic heterocycles. The molecule has 6 nitrogen and oxygen atoms in total. The molecule has 3 N–H and O–H groups in total. The number of benzene rings is 2. The summed E-state index contributed by atoms with van der Waals surface area (Å²) in [6, 6.07) is 12.2. The van der Waals surface area contributed by atoms with E-state index < -0.39 is 0 Å². The van der Waals surface area contributed by atoms with E-state index in [0.29, 0.717) is 23.4 Å². The molecule has 6 rings (SSSR count). The Morgan fingerprint density at radius 2 is 2.00 bits per heavy atom. The SMILES string of the molecule is O=C(NCc1ccc(Cl)c(Nc2nc3ccc(N4CCCC4)cc3[nH]2)c1)[C@@H]1CC2CCC1C2. The van der Waals surface area contributed by atoms with E-state index in [1.54, 1.807) is 0 Å². The van der Waals surface area contributed by atoms with Crippen molar-refractivity contribution in [3.8, 4) is 0 Å². The molecule has 7 heteroatoms. The molecule has 2 saturated carbocycles. The first-order valence-corrected chi connectivity index (χ1v) is 12.6. The second-order valence-electron chi connectivity index (χ2n) is 9.92. The zero-order valence-electron chi connectivity index (χ0n) is 18.7. The summed E-state index contributed by atoms with van der Waals surface area (Å²) < 4.78 is 0. The van der Waals surface area contributed by atoms with Crippen molar-refractivity contribution in [1.82, 2.24) is 15.3 Å². The summed E-state index contributed by atoms with van der Waals surface area (Å²) in [5.74, 6) is 2.44. The first-order valence-electron chi connectivity index (χ1n) is 12.2. The van der Waals surface area contributed by atoms with Crippen molar-refractivity contribution in [2.24, 2.45) is 17.8 Å². The molecule has 1 saturated heterocycles. The van der Waals surface area contributed by atoms with Gasteiger partial charge in [0, 0.05) is 31.2 Å². The van der Waals surface area contributed by atoms with Crippen LogP contribution in [0.3, 0.4) is 0 Å². The van der Waals surface area contributed by atoms with Crippen molar-refractivity contribution in [1.29, 1.82) is 0 Å². The smallest absolute Gasteiger partial charge is 0.223 e. The van der Waals surface area contributed by atoms with E-state index in [0.717, 1.165) is 47.7 Å². The third-order valence-corrected chi connectivity index (χ3v) is 8.09. The van der Waals surface area contributed by atoms with E-state index in [2.05, 4.69) is 43.7 Å². The summed E-state index contributed by atoms with van der Waals surface area (Å²) in [5.41, 5.74) is 4.97. The van der Waals surface area contributed by atoms with Gasteiger partial charge in [0.1, 0.15) is 0 Å². The van der Waals surface area contributed by atoms with Gasteiger partial charge >= 0.3 is 0 Å². The summed E-state index contributed by atoms with van der Waals surface area (Å²) in [7, 11) is 0. The average molecular weight is 464 g/mol. The fraction of sp³-hybridized carbons (Fsp3) is 0.462. The highest BCUT2D eigenvalue weighted by Crippen LogP contribution is 2.48. The molecule has 1 aromatic heterocycles. The molecule has 1 amide bonds. The number of nitrogens with zero attached hydrogens (tertiary/aromatic N) is 2. The normalized spacial score (nSPS) is 24.0. The average Bonchev–Trinajstić information content (AvgIpc) is 3.63. The van der Waals surface area contributed by atoms with Crippen LogP contribution in [0.2, 0.25) is 5.02 Å². The van der Waals surface area contributed by atoms with Crippen molar-refractivity contribution >= 4 is 45.9 Å². The van der Waals surface area contributed by atoms with Gasteiger partial charge in [0.15, 0.2) is 0 Å². The van der Waals surface area contributed by atoms with Gasteiger partial charge in [0.2, 0.25) is 11.9 Å². The standard InChI is InChI=1S/C26H30ClN5O/c27-21-7-4-17(15-28-25(33)20-12-16-3-5-18(20)11-16)13-23(21)30-26-29-22-8-6-19(14-24(22)31-26)32-9-1-2-10-32/h4,6-8,13-14,16,18,20H,1-3,5,9-12,15H2,(H,28,33)(H2,29,30,31)/t16?,18?,20-/m1/s1. The number of amides is 1. The van der Waals surface area contributed by atoms with Gasteiger partial charge in [-0.15, -0.1) is 0 Å². The Labute approximate surface area is 199 Å². The monoisotopic (exact) mass is 463 g/mol. The number of halogens is 1. The van der Waals surface area contributed by atoms with Gasteiger partial charge in [-0.1, -0.05) is 24.1 Å². The van der Waals surface area contributed by atoms with E-state index in [-0.39, 0.29) is 11.8 Å². The first kappa shape index (κ1) is 20.8. The van der Waals surface area contributed by atoms with Crippen molar-refractivity contribution < 1.29 is 4.79 Å². The number of aromatic amines is 1. The van der Waals surface area contributed by atoms with Gasteiger partial charge in [-0.3, -0.25) is 4.79 Å². The molecule has 3 aromatic rings. The fourth-order valence-electron chi connectivity index (χ4n) is 6.02. The van der Waals surface area contributed by atoms with Gasteiger partial charge in [0.25, 0.3) is 0 Å². The fourth-order valence-corrected chi connectivity index (χ4v) is 6.19. The van der Waals surface area contributed by atoms with E-state index >= 15 is 0 Å². The van der Waals surface area contributed by atoms with E-state index in [9.17, 15) is 4.79 Å². The first-order chi connectivity index (χ1) is 16.1. The maximum Gasteiger partial charge on any atom is 0.223 e. The van der Waals surface area contributed by atoms with Crippen molar-refractivity contribution in [3.63, 3.8) is 0 Å². The van der Waals surface area contributed by atoms with Crippen LogP contribution in [-0.2, 0) is 11.3 Å². The van der Waals surface area contributed by atoms with Gasteiger partial charge in [0.05, 0.1) is 21.7 Å². The lowest BCUT2D eigenvalue weighted by Gasteiger charge is -2.21. The molecule has 0 radical (unpaired) electrons. The Morgan fingerprint density at radius 1 is 1.12 bits per heavy atom. The lowest BCUT2D eigenvalue weighted by atomic mass is 9.88. The minimum absolute atomic E-state index is 0.203. The van der Waals surface area contributed by atoms with E-state index in [1.807, 2.05) is 18.2 Å². The van der Waals surface area contributed by atoms with Crippen LogP contribution in [0, 0.1) is 17.8 Å². The molecule has 3 atom stereocenters. The van der Waals surface area contributed by atoms with E-state index in [4.69, 9.17) is 11.6 Å². The number of aromatic nitrogens is 2. The Bertz CT molecular complexity index is 1180. The quantitative estimate of drug-likeness (QED) is 0.444. The lowest BCUT2D eigenvalue weighted by molar-refractivity contribution is -0.126. The number of hydrogen-bond acceptors (Lipinski definition) is 4. The number of carbonyl (C=O) groups excluding carboxylic acids is 1. The predicted octanol–water partition coefficient (Wildman–Crippen LogP) is 5.61. The predicted molar refractivity (Wildman–Crippen MR) is 133 cm³/mol. The van der Waals surface area contributed by atoms with Crippen LogP contribution in [0.15, 0.2) is 36.4 Å². The highest BCUT2D eigenvalue weighted by molar-refractivity contribution is 6.33. The molecule has 2 unspecified atom stereocenters. The molecule has 0 spiro atoms. The third kappa shape index (κ3) is 4.17. The summed E-state index contributed by atoms with van der Waals surface area (Å²) in [5, 5.41) is 7.11. The van der Waals surface area contributed by atoms with Crippen LogP contribution < -0.4 is 15.5 Å². The summed E-state index contributed by atoms with van der Waals surface area (Å²) in [4.78, 5) is 23.2. The van der Waals surface area contributed by atoms with Gasteiger partial charge < -0.3 is 20.5 Å². The number of H-pyrrole nitrogens is 1. The second kappa shape index (κ2) is 8.56. The summed E-state index contributed by atoms with van der Waals surface area (Å²) >= 11 is 6.47. The molecule has 2 aromatic carbocycles. The van der Waals surface area contributed by atoms with Crippen LogP contribution in [0.4, 0.5) is 17.3 Å². The Kier molecular flexibility index (Phi) is 5.41. The molecule has 3 fully saturated rings. The largest absolute Gasteiger partial charge is 0.371 e. The zero-order valence-corrected chi connectivity index (χ0v) is 19.5. The van der Waals surface area contributed by atoms with Gasteiger partial charge in [-0.2, -0.15) is 0 Å². The number of fused-ring (bicyclic) bond motifs is 3. The van der Waals surface area contributed by atoms with Crippen LogP contribution >= 0.6 is 11.6 Å². The van der Waals surface area contributed by atoms with Crippen molar-refractivity contribution in [2.75, 3.05) is 23.3 Å². The second-order valence-corrected chi connectivity index (χ2v) is 10.3. The summed E-state index contributed by atoms with van der Waals surface area (Å²) in [6.07, 6.45) is 7.34. The number of carbonyl (C=O) groups is 1.